The number of fused-ring (bicyclic) bond motifs is 1. The molecule has 0 bridgehead atoms. The zero-order chi connectivity index (χ0) is 15.7. The SMILES string of the molecule is COC(=O)c1cc2ccccc2c(-c2ccc(F)cc2)c1O. The Kier molecular flexibility index (Phi) is 3.51. The number of phenolic OH excluding ortho intramolecular Hbond substituents is 1. The zero-order valence-corrected chi connectivity index (χ0v) is 11.8. The highest BCUT2D eigenvalue weighted by Gasteiger charge is 2.19. The van der Waals surface area contributed by atoms with Crippen molar-refractivity contribution in [1.29, 1.82) is 0 Å². The Hall–Kier alpha value is -2.88. The third-order valence-electron chi connectivity index (χ3n) is 3.56. The summed E-state index contributed by atoms with van der Waals surface area (Å²) in [7, 11) is 1.26. The molecule has 0 aromatic heterocycles. The number of esters is 1. The molecule has 0 amide bonds. The van der Waals surface area contributed by atoms with Gasteiger partial charge in [-0.05, 0) is 34.5 Å². The summed E-state index contributed by atoms with van der Waals surface area (Å²) in [5.74, 6) is -1.15. The Labute approximate surface area is 126 Å². The van der Waals surface area contributed by atoms with Gasteiger partial charge in [-0.25, -0.2) is 9.18 Å². The first-order valence-corrected chi connectivity index (χ1v) is 6.71. The molecule has 3 aromatic carbocycles. The Morgan fingerprint density at radius 3 is 2.45 bits per heavy atom. The number of carbonyl (C=O) groups excluding carboxylic acids is 1. The fraction of sp³-hybridized carbons (Fsp3) is 0.0556. The second kappa shape index (κ2) is 5.48. The molecule has 0 aliphatic rings. The van der Waals surface area contributed by atoms with E-state index in [2.05, 4.69) is 0 Å². The van der Waals surface area contributed by atoms with Gasteiger partial charge in [-0.15, -0.1) is 0 Å². The van der Waals surface area contributed by atoms with Gasteiger partial charge in [0.05, 0.1) is 7.11 Å². The number of benzene rings is 3. The van der Waals surface area contributed by atoms with E-state index in [1.165, 1.54) is 19.2 Å². The smallest absolute Gasteiger partial charge is 0.341 e. The average Bonchev–Trinajstić information content (AvgIpc) is 2.55. The fourth-order valence-corrected chi connectivity index (χ4v) is 2.51. The predicted octanol–water partition coefficient (Wildman–Crippen LogP) is 4.14. The van der Waals surface area contributed by atoms with Crippen LogP contribution in [0.3, 0.4) is 0 Å². The molecular formula is C18H13FO3. The molecule has 22 heavy (non-hydrogen) atoms. The van der Waals surface area contributed by atoms with E-state index in [-0.39, 0.29) is 17.1 Å². The largest absolute Gasteiger partial charge is 0.506 e. The number of halogens is 1. The molecule has 3 nitrogen and oxygen atoms in total. The van der Waals surface area contributed by atoms with Crippen LogP contribution in [0, 0.1) is 5.82 Å². The maximum atomic E-state index is 13.1. The van der Waals surface area contributed by atoms with Crippen molar-refractivity contribution in [3.05, 3.63) is 66.0 Å². The number of ether oxygens (including phenoxy) is 1. The quantitative estimate of drug-likeness (QED) is 0.723. The summed E-state index contributed by atoms with van der Waals surface area (Å²) in [6, 6.07) is 14.7. The van der Waals surface area contributed by atoms with E-state index in [0.29, 0.717) is 11.1 Å². The first-order valence-electron chi connectivity index (χ1n) is 6.71. The van der Waals surface area contributed by atoms with Crippen LogP contribution in [0.4, 0.5) is 4.39 Å². The molecule has 3 rings (SSSR count). The third-order valence-corrected chi connectivity index (χ3v) is 3.56. The molecule has 0 saturated heterocycles. The maximum Gasteiger partial charge on any atom is 0.341 e. The lowest BCUT2D eigenvalue weighted by atomic mass is 9.94. The third kappa shape index (κ3) is 2.29. The molecule has 0 heterocycles. The highest BCUT2D eigenvalue weighted by molar-refractivity contribution is 6.07. The average molecular weight is 296 g/mol. The van der Waals surface area contributed by atoms with E-state index in [1.807, 2.05) is 24.3 Å². The van der Waals surface area contributed by atoms with Crippen molar-refractivity contribution in [3.8, 4) is 16.9 Å². The first-order chi connectivity index (χ1) is 10.6. The van der Waals surface area contributed by atoms with E-state index in [1.54, 1.807) is 18.2 Å². The number of methoxy groups -OCH3 is 1. The fourth-order valence-electron chi connectivity index (χ4n) is 2.51. The summed E-state index contributed by atoms with van der Waals surface area (Å²) in [6.45, 7) is 0. The maximum absolute atomic E-state index is 13.1. The van der Waals surface area contributed by atoms with Gasteiger partial charge in [0.25, 0.3) is 0 Å². The lowest BCUT2D eigenvalue weighted by molar-refractivity contribution is 0.0598. The zero-order valence-electron chi connectivity index (χ0n) is 11.8. The summed E-state index contributed by atoms with van der Waals surface area (Å²) in [6.07, 6.45) is 0. The van der Waals surface area contributed by atoms with Crippen LogP contribution in [-0.4, -0.2) is 18.2 Å². The summed E-state index contributed by atoms with van der Waals surface area (Å²) < 4.78 is 17.9. The molecule has 0 aliphatic heterocycles. The minimum absolute atomic E-state index is 0.0838. The van der Waals surface area contributed by atoms with Crippen molar-refractivity contribution in [1.82, 2.24) is 0 Å². The van der Waals surface area contributed by atoms with Gasteiger partial charge in [-0.3, -0.25) is 0 Å². The van der Waals surface area contributed by atoms with Gasteiger partial charge in [0, 0.05) is 5.56 Å². The summed E-state index contributed by atoms with van der Waals surface area (Å²) in [5, 5.41) is 12.1. The minimum atomic E-state index is -0.619. The molecule has 0 radical (unpaired) electrons. The molecule has 4 heteroatoms. The summed E-state index contributed by atoms with van der Waals surface area (Å²) >= 11 is 0. The Bertz CT molecular complexity index is 854. The van der Waals surface area contributed by atoms with Gasteiger partial charge >= 0.3 is 5.97 Å². The van der Waals surface area contributed by atoms with E-state index in [0.717, 1.165) is 10.8 Å². The summed E-state index contributed by atoms with van der Waals surface area (Å²) in [5.41, 5.74) is 1.19. The molecule has 3 aromatic rings. The molecule has 0 unspecified atom stereocenters. The van der Waals surface area contributed by atoms with Gasteiger partial charge in [0.15, 0.2) is 0 Å². The van der Waals surface area contributed by atoms with Crippen LogP contribution in [0.5, 0.6) is 5.75 Å². The second-order valence-corrected chi connectivity index (χ2v) is 4.87. The monoisotopic (exact) mass is 296 g/mol. The lowest BCUT2D eigenvalue weighted by Gasteiger charge is -2.13. The number of rotatable bonds is 2. The first kappa shape index (κ1) is 14.1. The van der Waals surface area contributed by atoms with Gasteiger partial charge in [0.1, 0.15) is 17.1 Å². The van der Waals surface area contributed by atoms with Crippen molar-refractivity contribution < 1.29 is 19.0 Å². The van der Waals surface area contributed by atoms with Crippen LogP contribution < -0.4 is 0 Å². The molecule has 0 atom stereocenters. The van der Waals surface area contributed by atoms with Gasteiger partial charge < -0.3 is 9.84 Å². The predicted molar refractivity (Wildman–Crippen MR) is 82.3 cm³/mol. The molecule has 0 spiro atoms. The molecule has 0 fully saturated rings. The van der Waals surface area contributed by atoms with Crippen LogP contribution in [0.1, 0.15) is 10.4 Å². The van der Waals surface area contributed by atoms with Crippen molar-refractivity contribution in [2.24, 2.45) is 0 Å². The van der Waals surface area contributed by atoms with Gasteiger partial charge in [-0.1, -0.05) is 36.4 Å². The van der Waals surface area contributed by atoms with Crippen LogP contribution >= 0.6 is 0 Å². The van der Waals surface area contributed by atoms with E-state index in [9.17, 15) is 14.3 Å². The Balaban J connectivity index is 2.37. The Morgan fingerprint density at radius 1 is 1.09 bits per heavy atom. The lowest BCUT2D eigenvalue weighted by Crippen LogP contribution is -2.02. The highest BCUT2D eigenvalue weighted by atomic mass is 19.1. The number of hydrogen-bond acceptors (Lipinski definition) is 3. The molecule has 110 valence electrons. The van der Waals surface area contributed by atoms with Crippen molar-refractivity contribution in [2.75, 3.05) is 7.11 Å². The highest BCUT2D eigenvalue weighted by Crippen LogP contribution is 2.39. The molecular weight excluding hydrogens is 283 g/mol. The van der Waals surface area contributed by atoms with Crippen molar-refractivity contribution >= 4 is 16.7 Å². The molecule has 0 aliphatic carbocycles. The van der Waals surface area contributed by atoms with Crippen LogP contribution in [0.25, 0.3) is 21.9 Å². The normalized spacial score (nSPS) is 10.6. The summed E-state index contributed by atoms with van der Waals surface area (Å²) in [4.78, 5) is 11.9. The van der Waals surface area contributed by atoms with Gasteiger partial charge in [0.2, 0.25) is 0 Å². The minimum Gasteiger partial charge on any atom is -0.506 e. The Morgan fingerprint density at radius 2 is 1.77 bits per heavy atom. The number of aromatic hydroxyl groups is 1. The number of phenols is 1. The van der Waals surface area contributed by atoms with Gasteiger partial charge in [-0.2, -0.15) is 0 Å². The topological polar surface area (TPSA) is 46.5 Å². The van der Waals surface area contributed by atoms with Crippen molar-refractivity contribution in [3.63, 3.8) is 0 Å². The standard InChI is InChI=1S/C18H13FO3/c1-22-18(21)15-10-12-4-2-3-5-14(12)16(17(15)20)11-6-8-13(19)9-7-11/h2-10,20H,1H3. The molecule has 1 N–H and O–H groups in total. The van der Waals surface area contributed by atoms with Crippen LogP contribution in [0.15, 0.2) is 54.6 Å². The second-order valence-electron chi connectivity index (χ2n) is 4.87. The van der Waals surface area contributed by atoms with Crippen LogP contribution in [0.2, 0.25) is 0 Å². The number of hydrogen-bond donors (Lipinski definition) is 1. The van der Waals surface area contributed by atoms with E-state index >= 15 is 0 Å². The number of carbonyl (C=O) groups is 1. The van der Waals surface area contributed by atoms with Crippen molar-refractivity contribution in [2.45, 2.75) is 0 Å². The van der Waals surface area contributed by atoms with E-state index in [4.69, 9.17) is 4.74 Å². The van der Waals surface area contributed by atoms with E-state index < -0.39 is 5.97 Å². The molecule has 0 saturated carbocycles. The van der Waals surface area contributed by atoms with Crippen LogP contribution in [-0.2, 0) is 4.74 Å².